The van der Waals surface area contributed by atoms with Gasteiger partial charge in [-0.1, -0.05) is 0 Å². The summed E-state index contributed by atoms with van der Waals surface area (Å²) in [6.07, 6.45) is -8.49. The zero-order chi connectivity index (χ0) is 10.4. The minimum absolute atomic E-state index is 1.19. The van der Waals surface area contributed by atoms with Crippen LogP contribution in [0, 0.1) is 0 Å². The zero-order valence-electron chi connectivity index (χ0n) is 5.94. The van der Waals surface area contributed by atoms with E-state index in [1.165, 1.54) is 16.0 Å². The Morgan fingerprint density at radius 2 is 1.00 bits per heavy atom. The van der Waals surface area contributed by atoms with Crippen molar-refractivity contribution in [2.45, 2.75) is 6.29 Å². The molecule has 0 aliphatic carbocycles. The lowest BCUT2D eigenvalue weighted by molar-refractivity contribution is 0.191. The summed E-state index contributed by atoms with van der Waals surface area (Å²) in [5, 5.41) is 3.58. The Bertz CT molecular complexity index is 196. The van der Waals surface area contributed by atoms with E-state index in [4.69, 9.17) is 0 Å². The molecular formula is C4H4F3N3O3. The van der Waals surface area contributed by atoms with Crippen LogP contribution < -0.4 is 16.0 Å². The lowest BCUT2D eigenvalue weighted by atomic mass is 10.7. The second-order valence-electron chi connectivity index (χ2n) is 1.69. The first-order valence-corrected chi connectivity index (χ1v) is 2.80. The number of hydrogen-bond donors (Lipinski definition) is 3. The molecule has 0 unspecified atom stereocenters. The highest BCUT2D eigenvalue weighted by molar-refractivity contribution is 5.72. The quantitative estimate of drug-likeness (QED) is 0.347. The molecule has 6 nitrogen and oxygen atoms in total. The Morgan fingerprint density at radius 3 is 1.15 bits per heavy atom. The molecule has 3 N–H and O–H groups in total. The summed E-state index contributed by atoms with van der Waals surface area (Å²) in [4.78, 5) is 29.1. The molecule has 0 fully saturated rings. The van der Waals surface area contributed by atoms with E-state index in [0.717, 1.165) is 0 Å². The van der Waals surface area contributed by atoms with Crippen LogP contribution in [0.15, 0.2) is 0 Å². The smallest absolute Gasteiger partial charge is 0.290 e. The van der Waals surface area contributed by atoms with Gasteiger partial charge in [0.2, 0.25) is 0 Å². The highest BCUT2D eigenvalue weighted by atomic mass is 19.1. The Labute approximate surface area is 69.5 Å². The maximum atomic E-state index is 11.6. The lowest BCUT2D eigenvalue weighted by Gasteiger charge is -2.14. The van der Waals surface area contributed by atoms with Gasteiger partial charge in [0, 0.05) is 0 Å². The van der Waals surface area contributed by atoms with Crippen molar-refractivity contribution >= 4 is 18.5 Å². The second kappa shape index (κ2) is 4.95. The van der Waals surface area contributed by atoms with Crippen LogP contribution in [-0.2, 0) is 0 Å². The number of carbonyl (C=O) groups is 3. The van der Waals surface area contributed by atoms with E-state index in [2.05, 4.69) is 0 Å². The summed E-state index contributed by atoms with van der Waals surface area (Å²) in [7, 11) is 0. The van der Waals surface area contributed by atoms with Crippen molar-refractivity contribution in [2.75, 3.05) is 0 Å². The molecule has 0 aliphatic rings. The molecule has 74 valence electrons. The number of rotatable bonds is 3. The molecule has 0 spiro atoms. The molecule has 0 aromatic carbocycles. The number of halogens is 3. The molecule has 0 saturated carbocycles. The minimum Gasteiger partial charge on any atom is -0.290 e. The van der Waals surface area contributed by atoms with Gasteiger partial charge in [-0.3, -0.25) is 16.0 Å². The second-order valence-corrected chi connectivity index (χ2v) is 1.69. The van der Waals surface area contributed by atoms with Gasteiger partial charge in [0.1, 0.15) is 0 Å². The van der Waals surface area contributed by atoms with E-state index in [0.29, 0.717) is 0 Å². The van der Waals surface area contributed by atoms with Crippen molar-refractivity contribution in [1.82, 2.24) is 16.0 Å². The molecular weight excluding hydrogens is 195 g/mol. The fourth-order valence-electron chi connectivity index (χ4n) is 0.449. The van der Waals surface area contributed by atoms with Gasteiger partial charge in [-0.15, -0.1) is 13.2 Å². The average molecular weight is 199 g/mol. The summed E-state index contributed by atoms with van der Waals surface area (Å²) in [6.45, 7) is 0. The van der Waals surface area contributed by atoms with Crippen LogP contribution in [0.4, 0.5) is 27.6 Å². The predicted octanol–water partition coefficient (Wildman–Crippen LogP) is 0.307. The molecule has 0 bridgehead atoms. The van der Waals surface area contributed by atoms with Gasteiger partial charge in [0.25, 0.3) is 0 Å². The normalized spacial score (nSPS) is 9.23. The van der Waals surface area contributed by atoms with Gasteiger partial charge in [0.15, 0.2) is 6.29 Å². The van der Waals surface area contributed by atoms with Crippen LogP contribution in [0.1, 0.15) is 0 Å². The van der Waals surface area contributed by atoms with Crippen molar-refractivity contribution < 1.29 is 27.6 Å². The van der Waals surface area contributed by atoms with Gasteiger partial charge in [-0.25, -0.2) is 14.4 Å². The fraction of sp³-hybridized carbons (Fsp3) is 0.250. The maximum Gasteiger partial charge on any atom is 0.400 e. The van der Waals surface area contributed by atoms with Crippen molar-refractivity contribution in [3.63, 3.8) is 0 Å². The summed E-state index contributed by atoms with van der Waals surface area (Å²) in [5.74, 6) is 0. The SMILES string of the molecule is O=C(F)NC(NC(=O)F)NC(=O)F. The third-order valence-electron chi connectivity index (χ3n) is 0.773. The third-order valence-corrected chi connectivity index (χ3v) is 0.773. The van der Waals surface area contributed by atoms with Crippen molar-refractivity contribution in [3.8, 4) is 0 Å². The Hall–Kier alpha value is -1.80. The summed E-state index contributed by atoms with van der Waals surface area (Å²) in [6, 6.07) is 0. The van der Waals surface area contributed by atoms with Crippen molar-refractivity contribution in [1.29, 1.82) is 0 Å². The lowest BCUT2D eigenvalue weighted by Crippen LogP contribution is -2.55. The molecule has 0 aliphatic heterocycles. The first-order chi connectivity index (χ1) is 5.91. The molecule has 0 saturated heterocycles. The first kappa shape index (κ1) is 11.2. The van der Waals surface area contributed by atoms with E-state index in [1.807, 2.05) is 0 Å². The number of amides is 3. The van der Waals surface area contributed by atoms with Crippen LogP contribution in [0.5, 0.6) is 0 Å². The monoisotopic (exact) mass is 199 g/mol. The van der Waals surface area contributed by atoms with Crippen LogP contribution in [0.3, 0.4) is 0 Å². The van der Waals surface area contributed by atoms with Gasteiger partial charge in [0.05, 0.1) is 0 Å². The third kappa shape index (κ3) is 6.59. The number of nitrogens with one attached hydrogen (secondary N) is 3. The molecule has 0 radical (unpaired) electrons. The first-order valence-electron chi connectivity index (χ1n) is 2.80. The Morgan fingerprint density at radius 1 is 0.769 bits per heavy atom. The van der Waals surface area contributed by atoms with E-state index in [9.17, 15) is 27.6 Å². The largest absolute Gasteiger partial charge is 0.400 e. The summed E-state index contributed by atoms with van der Waals surface area (Å²) < 4.78 is 34.7. The Balaban J connectivity index is 4.10. The highest BCUT2D eigenvalue weighted by Crippen LogP contribution is 1.81. The molecule has 0 heterocycles. The number of hydrogen-bond acceptors (Lipinski definition) is 3. The van der Waals surface area contributed by atoms with Gasteiger partial charge >= 0.3 is 18.5 Å². The average Bonchev–Trinajstić information content (AvgIpc) is 1.80. The maximum absolute atomic E-state index is 11.6. The standard InChI is InChI=1S/C4H4F3N3O3/c5-1(11)8-4(9-2(6)12)10-3(7)13/h4H,(H,8,11)(H,9,12)(H,10,13). The van der Waals surface area contributed by atoms with Crippen LogP contribution in [0.2, 0.25) is 0 Å². The molecule has 0 rings (SSSR count). The molecule has 9 heteroatoms. The minimum atomic E-state index is -2.17. The summed E-state index contributed by atoms with van der Waals surface area (Å²) >= 11 is 0. The van der Waals surface area contributed by atoms with E-state index in [1.54, 1.807) is 0 Å². The van der Waals surface area contributed by atoms with Crippen molar-refractivity contribution in [3.05, 3.63) is 0 Å². The molecule has 13 heavy (non-hydrogen) atoms. The van der Waals surface area contributed by atoms with E-state index >= 15 is 0 Å². The van der Waals surface area contributed by atoms with Gasteiger partial charge < -0.3 is 0 Å². The molecule has 0 atom stereocenters. The van der Waals surface area contributed by atoms with Gasteiger partial charge in [-0.2, -0.15) is 0 Å². The van der Waals surface area contributed by atoms with E-state index < -0.39 is 24.8 Å². The van der Waals surface area contributed by atoms with Crippen molar-refractivity contribution in [2.24, 2.45) is 0 Å². The Kier molecular flexibility index (Phi) is 4.27. The zero-order valence-corrected chi connectivity index (χ0v) is 5.94. The van der Waals surface area contributed by atoms with Crippen LogP contribution in [0.25, 0.3) is 0 Å². The van der Waals surface area contributed by atoms with Crippen LogP contribution in [-0.4, -0.2) is 24.8 Å². The molecule has 3 amide bonds. The van der Waals surface area contributed by atoms with E-state index in [-0.39, 0.29) is 0 Å². The highest BCUT2D eigenvalue weighted by Gasteiger charge is 2.15. The topological polar surface area (TPSA) is 87.3 Å². The molecule has 0 aromatic heterocycles. The van der Waals surface area contributed by atoms with Gasteiger partial charge in [-0.05, 0) is 0 Å². The fourth-order valence-corrected chi connectivity index (χ4v) is 0.449. The van der Waals surface area contributed by atoms with Crippen LogP contribution >= 0.6 is 0 Å². The molecule has 0 aromatic rings. The summed E-state index contributed by atoms with van der Waals surface area (Å²) in [5.41, 5.74) is 0. The number of carbonyl (C=O) groups excluding carboxylic acids is 3. The predicted molar refractivity (Wildman–Crippen MR) is 32.7 cm³/mol.